The van der Waals surface area contributed by atoms with Gasteiger partial charge in [-0.25, -0.2) is 13.4 Å². The van der Waals surface area contributed by atoms with E-state index in [0.29, 0.717) is 12.4 Å². The van der Waals surface area contributed by atoms with Gasteiger partial charge in [0.2, 0.25) is 10.0 Å². The largest absolute Gasteiger partial charge is 0.250 e. The lowest BCUT2D eigenvalue weighted by Gasteiger charge is -2.22. The van der Waals surface area contributed by atoms with Crippen LogP contribution in [0, 0.1) is 6.92 Å². The smallest absolute Gasteiger partial charge is 0.218 e. The number of hydrogen-bond donors (Lipinski definition) is 0. The van der Waals surface area contributed by atoms with Gasteiger partial charge in [-0.05, 0) is 43.7 Å². The molecule has 0 spiro atoms. The van der Waals surface area contributed by atoms with Crippen molar-refractivity contribution in [2.24, 2.45) is 0 Å². The number of hydrogen-bond acceptors (Lipinski definition) is 4. The predicted octanol–water partition coefficient (Wildman–Crippen LogP) is 3.89. The highest BCUT2D eigenvalue weighted by Gasteiger charge is 2.37. The molecule has 1 atom stereocenters. The van der Waals surface area contributed by atoms with Crippen molar-refractivity contribution in [1.29, 1.82) is 0 Å². The highest BCUT2D eigenvalue weighted by atomic mass is 32.2. The molecule has 1 aromatic heterocycles. The van der Waals surface area contributed by atoms with E-state index in [1.807, 2.05) is 48.0 Å². The summed E-state index contributed by atoms with van der Waals surface area (Å²) in [5.41, 5.74) is 2.11. The molecule has 7 heteroatoms. The summed E-state index contributed by atoms with van der Waals surface area (Å²) in [6.07, 6.45) is 3.55. The maximum Gasteiger partial charge on any atom is 0.218 e. The maximum atomic E-state index is 13.1. The second-order valence-electron chi connectivity index (χ2n) is 7.84. The van der Waals surface area contributed by atoms with Crippen LogP contribution in [0.25, 0.3) is 0 Å². The van der Waals surface area contributed by atoms with Crippen LogP contribution in [0.2, 0.25) is 0 Å². The van der Waals surface area contributed by atoms with Crippen molar-refractivity contribution >= 4 is 10.0 Å². The SMILES string of the molecule is Cc1nc(C2CCCN2S(=O)(=O)Cc2ccccc2)nn1CCCc1ccccc1. The molecule has 2 aromatic carbocycles. The molecule has 0 saturated carbocycles. The van der Waals surface area contributed by atoms with E-state index in [1.54, 1.807) is 4.31 Å². The molecule has 1 aliphatic rings. The lowest BCUT2D eigenvalue weighted by Crippen LogP contribution is -2.32. The molecule has 0 N–H and O–H groups in total. The predicted molar refractivity (Wildman–Crippen MR) is 117 cm³/mol. The second-order valence-corrected chi connectivity index (χ2v) is 9.76. The van der Waals surface area contributed by atoms with Crippen LogP contribution in [-0.2, 0) is 28.7 Å². The van der Waals surface area contributed by atoms with E-state index in [0.717, 1.165) is 43.6 Å². The highest BCUT2D eigenvalue weighted by molar-refractivity contribution is 7.88. The van der Waals surface area contributed by atoms with Crippen molar-refractivity contribution in [3.8, 4) is 0 Å². The van der Waals surface area contributed by atoms with E-state index in [9.17, 15) is 8.42 Å². The molecule has 2 heterocycles. The summed E-state index contributed by atoms with van der Waals surface area (Å²) < 4.78 is 29.7. The fourth-order valence-electron chi connectivity index (χ4n) is 4.07. The molecule has 3 aromatic rings. The van der Waals surface area contributed by atoms with E-state index < -0.39 is 10.0 Å². The first-order valence-corrected chi connectivity index (χ1v) is 12.1. The molecular weight excluding hydrogens is 396 g/mol. The summed E-state index contributed by atoms with van der Waals surface area (Å²) >= 11 is 0. The Bertz CT molecular complexity index is 1070. The first-order valence-electron chi connectivity index (χ1n) is 10.5. The molecular formula is C23H28N4O2S. The van der Waals surface area contributed by atoms with Crippen LogP contribution >= 0.6 is 0 Å². The molecule has 1 unspecified atom stereocenters. The third-order valence-corrected chi connectivity index (χ3v) is 7.45. The van der Waals surface area contributed by atoms with Gasteiger partial charge in [-0.3, -0.25) is 4.68 Å². The van der Waals surface area contributed by atoms with Gasteiger partial charge in [-0.2, -0.15) is 9.40 Å². The van der Waals surface area contributed by atoms with Gasteiger partial charge in [0.15, 0.2) is 5.82 Å². The molecule has 6 nitrogen and oxygen atoms in total. The molecule has 0 aliphatic carbocycles. The minimum absolute atomic E-state index is 0.0150. The zero-order valence-corrected chi connectivity index (χ0v) is 18.1. The molecule has 4 rings (SSSR count). The topological polar surface area (TPSA) is 68.1 Å². The third kappa shape index (κ3) is 4.79. The van der Waals surface area contributed by atoms with Crippen LogP contribution in [0.5, 0.6) is 0 Å². The number of aryl methyl sites for hydroxylation is 3. The molecule has 30 heavy (non-hydrogen) atoms. The number of benzene rings is 2. The van der Waals surface area contributed by atoms with Gasteiger partial charge in [-0.15, -0.1) is 0 Å². The average Bonchev–Trinajstić information content (AvgIpc) is 3.37. The molecule has 158 valence electrons. The van der Waals surface area contributed by atoms with Crippen molar-refractivity contribution in [2.45, 2.75) is 50.9 Å². The quantitative estimate of drug-likeness (QED) is 0.550. The Labute approximate surface area is 178 Å². The van der Waals surface area contributed by atoms with Crippen LogP contribution < -0.4 is 0 Å². The Kier molecular flexibility index (Phi) is 6.29. The Morgan fingerprint density at radius 3 is 2.37 bits per heavy atom. The number of sulfonamides is 1. The van der Waals surface area contributed by atoms with Crippen LogP contribution in [0.1, 0.15) is 48.1 Å². The summed E-state index contributed by atoms with van der Waals surface area (Å²) in [4.78, 5) is 4.63. The standard InChI is InChI=1S/C23H28N4O2S/c1-19-24-23(25-26(19)16-8-14-20-10-4-2-5-11-20)22-15-9-17-27(22)30(28,29)18-21-12-6-3-7-13-21/h2-7,10-13,22H,8-9,14-18H2,1H3. The Hall–Kier alpha value is -2.51. The molecule has 1 aliphatic heterocycles. The molecule has 1 fully saturated rings. The third-order valence-electron chi connectivity index (χ3n) is 5.60. The van der Waals surface area contributed by atoms with Crippen LogP contribution in [0.4, 0.5) is 0 Å². The Balaban J connectivity index is 1.44. The minimum atomic E-state index is -3.42. The van der Waals surface area contributed by atoms with Gasteiger partial charge >= 0.3 is 0 Å². The van der Waals surface area contributed by atoms with Crippen molar-refractivity contribution in [3.05, 3.63) is 83.4 Å². The summed E-state index contributed by atoms with van der Waals surface area (Å²) in [5, 5.41) is 4.69. The first-order chi connectivity index (χ1) is 14.5. The van der Waals surface area contributed by atoms with Crippen LogP contribution in [0.15, 0.2) is 60.7 Å². The van der Waals surface area contributed by atoms with E-state index in [4.69, 9.17) is 5.10 Å². The van der Waals surface area contributed by atoms with Crippen molar-refractivity contribution < 1.29 is 8.42 Å². The average molecular weight is 425 g/mol. The van der Waals surface area contributed by atoms with Crippen molar-refractivity contribution in [2.75, 3.05) is 6.54 Å². The van der Waals surface area contributed by atoms with Gasteiger partial charge in [-0.1, -0.05) is 60.7 Å². The summed E-state index contributed by atoms with van der Waals surface area (Å²) in [6.45, 7) is 3.25. The monoisotopic (exact) mass is 424 g/mol. The number of rotatable bonds is 8. The highest BCUT2D eigenvalue weighted by Crippen LogP contribution is 2.33. The molecule has 0 bridgehead atoms. The first kappa shape index (κ1) is 20.8. The van der Waals surface area contributed by atoms with Crippen molar-refractivity contribution in [1.82, 2.24) is 19.1 Å². The Morgan fingerprint density at radius 1 is 1.00 bits per heavy atom. The van der Waals surface area contributed by atoms with Gasteiger partial charge < -0.3 is 0 Å². The van der Waals surface area contributed by atoms with E-state index >= 15 is 0 Å². The normalized spacial score (nSPS) is 17.4. The van der Waals surface area contributed by atoms with Gasteiger partial charge in [0.25, 0.3) is 0 Å². The minimum Gasteiger partial charge on any atom is -0.250 e. The number of nitrogens with zero attached hydrogens (tertiary/aromatic N) is 4. The van der Waals surface area contributed by atoms with E-state index in [1.165, 1.54) is 5.56 Å². The lowest BCUT2D eigenvalue weighted by molar-refractivity contribution is 0.380. The van der Waals surface area contributed by atoms with Crippen LogP contribution in [-0.4, -0.2) is 34.0 Å². The number of aromatic nitrogens is 3. The zero-order valence-electron chi connectivity index (χ0n) is 17.3. The zero-order chi connectivity index (χ0) is 21.0. The van der Waals surface area contributed by atoms with E-state index in [2.05, 4.69) is 29.2 Å². The fraction of sp³-hybridized carbons (Fsp3) is 0.391. The van der Waals surface area contributed by atoms with Gasteiger partial charge in [0.1, 0.15) is 5.82 Å². The van der Waals surface area contributed by atoms with Crippen molar-refractivity contribution in [3.63, 3.8) is 0 Å². The second kappa shape index (κ2) is 9.10. The van der Waals surface area contributed by atoms with Crippen LogP contribution in [0.3, 0.4) is 0 Å². The molecule has 1 saturated heterocycles. The lowest BCUT2D eigenvalue weighted by atomic mass is 10.1. The van der Waals surface area contributed by atoms with Gasteiger partial charge in [0, 0.05) is 13.1 Å². The van der Waals surface area contributed by atoms with Gasteiger partial charge in [0.05, 0.1) is 11.8 Å². The molecule has 0 radical (unpaired) electrons. The molecule has 0 amide bonds. The summed E-state index contributed by atoms with van der Waals surface area (Å²) in [6, 6.07) is 19.5. The summed E-state index contributed by atoms with van der Waals surface area (Å²) in [7, 11) is -3.42. The summed E-state index contributed by atoms with van der Waals surface area (Å²) in [5.74, 6) is 1.48. The maximum absolute atomic E-state index is 13.1. The van der Waals surface area contributed by atoms with E-state index in [-0.39, 0.29) is 11.8 Å². The fourth-order valence-corrected chi connectivity index (χ4v) is 5.85. The Morgan fingerprint density at radius 2 is 1.67 bits per heavy atom.